The molecule has 4 heteroatoms. The van der Waals surface area contributed by atoms with Gasteiger partial charge in [0, 0.05) is 17.5 Å². The van der Waals surface area contributed by atoms with Gasteiger partial charge in [0.25, 0.3) is 5.92 Å². The van der Waals surface area contributed by atoms with Crippen LogP contribution in [0, 0.1) is 0 Å². The summed E-state index contributed by atoms with van der Waals surface area (Å²) in [5.41, 5.74) is 0.828. The van der Waals surface area contributed by atoms with E-state index in [4.69, 9.17) is 11.6 Å². The zero-order valence-electron chi connectivity index (χ0n) is 7.43. The van der Waals surface area contributed by atoms with Crippen LogP contribution in [-0.2, 0) is 0 Å². The number of alkyl halides is 2. The van der Waals surface area contributed by atoms with Crippen LogP contribution in [0.2, 0.25) is 5.02 Å². The first-order valence-electron chi connectivity index (χ1n) is 4.43. The Morgan fingerprint density at radius 3 is 2.79 bits per heavy atom. The quantitative estimate of drug-likeness (QED) is 0.763. The smallest absolute Gasteiger partial charge is 0.262 e. The molecule has 0 aromatic heterocycles. The molecule has 1 aliphatic rings. The molecule has 1 nitrogen and oxygen atoms in total. The van der Waals surface area contributed by atoms with Gasteiger partial charge in [-0.25, -0.2) is 8.78 Å². The summed E-state index contributed by atoms with van der Waals surface area (Å²) >= 11 is 5.78. The van der Waals surface area contributed by atoms with Gasteiger partial charge in [-0.05, 0) is 17.7 Å². The first-order chi connectivity index (χ1) is 6.57. The summed E-state index contributed by atoms with van der Waals surface area (Å²) in [6, 6.07) is 6.77. The van der Waals surface area contributed by atoms with Crippen LogP contribution in [-0.4, -0.2) is 12.5 Å². The standard InChI is InChI=1S/C10H10ClF2N/c11-8-3-1-2-7(4-8)9-5-10(12,13)6-14-9/h1-4,9,14H,5-6H2. The lowest BCUT2D eigenvalue weighted by Gasteiger charge is -2.10. The highest BCUT2D eigenvalue weighted by atomic mass is 35.5. The summed E-state index contributed by atoms with van der Waals surface area (Å²) in [5, 5.41) is 3.36. The highest BCUT2D eigenvalue weighted by Gasteiger charge is 2.39. The number of rotatable bonds is 1. The number of nitrogens with one attached hydrogen (secondary N) is 1. The summed E-state index contributed by atoms with van der Waals surface area (Å²) in [6.07, 6.45) is -0.145. The van der Waals surface area contributed by atoms with Crippen molar-refractivity contribution >= 4 is 11.6 Å². The summed E-state index contributed by atoms with van der Waals surface area (Å²) < 4.78 is 25.8. The van der Waals surface area contributed by atoms with Gasteiger partial charge in [-0.15, -0.1) is 0 Å². The van der Waals surface area contributed by atoms with Crippen LogP contribution < -0.4 is 5.32 Å². The van der Waals surface area contributed by atoms with Gasteiger partial charge < -0.3 is 5.32 Å². The molecule has 1 unspecified atom stereocenters. The topological polar surface area (TPSA) is 12.0 Å². The van der Waals surface area contributed by atoms with Crippen LogP contribution in [0.25, 0.3) is 0 Å². The third-order valence-corrected chi connectivity index (χ3v) is 2.60. The molecule has 1 aliphatic heterocycles. The molecule has 76 valence electrons. The van der Waals surface area contributed by atoms with Gasteiger partial charge in [-0.2, -0.15) is 0 Å². The second-order valence-electron chi connectivity index (χ2n) is 3.55. The molecule has 0 spiro atoms. The van der Waals surface area contributed by atoms with Gasteiger partial charge in [-0.3, -0.25) is 0 Å². The van der Waals surface area contributed by atoms with E-state index in [-0.39, 0.29) is 19.0 Å². The Morgan fingerprint density at radius 2 is 2.21 bits per heavy atom. The number of hydrogen-bond donors (Lipinski definition) is 1. The van der Waals surface area contributed by atoms with Gasteiger partial charge >= 0.3 is 0 Å². The van der Waals surface area contributed by atoms with E-state index >= 15 is 0 Å². The number of halogens is 3. The van der Waals surface area contributed by atoms with Crippen molar-refractivity contribution < 1.29 is 8.78 Å². The largest absolute Gasteiger partial charge is 0.304 e. The third-order valence-electron chi connectivity index (χ3n) is 2.36. The maximum atomic E-state index is 12.9. The van der Waals surface area contributed by atoms with Crippen molar-refractivity contribution in [1.29, 1.82) is 0 Å². The zero-order chi connectivity index (χ0) is 10.2. The molecule has 1 saturated heterocycles. The van der Waals surface area contributed by atoms with Crippen molar-refractivity contribution in [2.75, 3.05) is 6.54 Å². The second-order valence-corrected chi connectivity index (χ2v) is 3.99. The lowest BCUT2D eigenvalue weighted by Crippen LogP contribution is -2.19. The Kier molecular flexibility index (Phi) is 2.45. The maximum absolute atomic E-state index is 12.9. The highest BCUT2D eigenvalue weighted by molar-refractivity contribution is 6.30. The Labute approximate surface area is 86.1 Å². The fraction of sp³-hybridized carbons (Fsp3) is 0.400. The molecule has 14 heavy (non-hydrogen) atoms. The average molecular weight is 218 g/mol. The Bertz CT molecular complexity index is 341. The van der Waals surface area contributed by atoms with Crippen LogP contribution in [0.5, 0.6) is 0 Å². The van der Waals surface area contributed by atoms with Gasteiger partial charge in [0.05, 0.1) is 6.54 Å². The zero-order valence-corrected chi connectivity index (χ0v) is 8.19. The minimum atomic E-state index is -2.59. The van der Waals surface area contributed by atoms with Crippen LogP contribution in [0.1, 0.15) is 18.0 Å². The van der Waals surface area contributed by atoms with E-state index in [1.165, 1.54) is 0 Å². The molecular weight excluding hydrogens is 208 g/mol. The van der Waals surface area contributed by atoms with E-state index in [0.29, 0.717) is 5.02 Å². The summed E-state index contributed by atoms with van der Waals surface area (Å²) in [4.78, 5) is 0. The first kappa shape index (κ1) is 9.87. The molecule has 0 aliphatic carbocycles. The predicted molar refractivity (Wildman–Crippen MR) is 51.8 cm³/mol. The fourth-order valence-electron chi connectivity index (χ4n) is 1.67. The molecule has 0 radical (unpaired) electrons. The van der Waals surface area contributed by atoms with Crippen molar-refractivity contribution in [2.45, 2.75) is 18.4 Å². The minimum absolute atomic E-state index is 0.145. The fourth-order valence-corrected chi connectivity index (χ4v) is 1.87. The summed E-state index contributed by atoms with van der Waals surface area (Å²) in [5.74, 6) is -2.59. The molecule has 0 saturated carbocycles. The second kappa shape index (κ2) is 3.48. The third kappa shape index (κ3) is 2.04. The lowest BCUT2D eigenvalue weighted by molar-refractivity contribution is 0.0210. The molecule has 1 atom stereocenters. The Hall–Kier alpha value is -0.670. The van der Waals surface area contributed by atoms with E-state index in [2.05, 4.69) is 5.32 Å². The Morgan fingerprint density at radius 1 is 1.43 bits per heavy atom. The summed E-state index contributed by atoms with van der Waals surface area (Å²) in [7, 11) is 0. The van der Waals surface area contributed by atoms with Crippen molar-refractivity contribution in [1.82, 2.24) is 5.32 Å². The molecular formula is C10H10ClF2N. The molecule has 1 aromatic rings. The van der Waals surface area contributed by atoms with Gasteiger partial charge in [0.2, 0.25) is 0 Å². The van der Waals surface area contributed by atoms with E-state index in [9.17, 15) is 8.78 Å². The normalized spacial score (nSPS) is 25.2. The van der Waals surface area contributed by atoms with E-state index < -0.39 is 5.92 Å². The van der Waals surface area contributed by atoms with Crippen molar-refractivity contribution in [3.63, 3.8) is 0 Å². The molecule has 2 rings (SSSR count). The highest BCUT2D eigenvalue weighted by Crippen LogP contribution is 2.34. The Balaban J connectivity index is 2.17. The van der Waals surface area contributed by atoms with Crippen molar-refractivity contribution in [2.24, 2.45) is 0 Å². The van der Waals surface area contributed by atoms with Crippen LogP contribution in [0.15, 0.2) is 24.3 Å². The van der Waals surface area contributed by atoms with Gasteiger partial charge in [-0.1, -0.05) is 23.7 Å². The lowest BCUT2D eigenvalue weighted by atomic mass is 10.0. The molecule has 0 bridgehead atoms. The molecule has 1 fully saturated rings. The van der Waals surface area contributed by atoms with E-state index in [0.717, 1.165) is 5.56 Å². The van der Waals surface area contributed by atoms with Crippen LogP contribution in [0.4, 0.5) is 8.78 Å². The van der Waals surface area contributed by atoms with Crippen LogP contribution >= 0.6 is 11.6 Å². The molecule has 0 amide bonds. The number of benzene rings is 1. The van der Waals surface area contributed by atoms with E-state index in [1.807, 2.05) is 6.07 Å². The molecule has 1 heterocycles. The van der Waals surface area contributed by atoms with Gasteiger partial charge in [0.1, 0.15) is 0 Å². The molecule has 1 N–H and O–H groups in total. The van der Waals surface area contributed by atoms with Gasteiger partial charge in [0.15, 0.2) is 0 Å². The van der Waals surface area contributed by atoms with E-state index in [1.54, 1.807) is 18.2 Å². The maximum Gasteiger partial charge on any atom is 0.262 e. The average Bonchev–Trinajstić information content (AvgIpc) is 2.46. The SMILES string of the molecule is FC1(F)CNC(c2cccc(Cl)c2)C1. The summed E-state index contributed by atoms with van der Waals surface area (Å²) in [6.45, 7) is -0.246. The van der Waals surface area contributed by atoms with Crippen LogP contribution in [0.3, 0.4) is 0 Å². The minimum Gasteiger partial charge on any atom is -0.304 e. The van der Waals surface area contributed by atoms with Crippen molar-refractivity contribution in [3.8, 4) is 0 Å². The van der Waals surface area contributed by atoms with Crippen molar-refractivity contribution in [3.05, 3.63) is 34.9 Å². The molecule has 1 aromatic carbocycles. The predicted octanol–water partition coefficient (Wildman–Crippen LogP) is 3.01. The first-order valence-corrected chi connectivity index (χ1v) is 4.81. The monoisotopic (exact) mass is 217 g/mol. The number of hydrogen-bond acceptors (Lipinski definition) is 1.